The van der Waals surface area contributed by atoms with Crippen molar-refractivity contribution in [2.45, 2.75) is 17.7 Å². The fraction of sp³-hybridized carbons (Fsp3) is 0.176. The van der Waals surface area contributed by atoms with E-state index in [0.29, 0.717) is 23.1 Å². The van der Waals surface area contributed by atoms with Gasteiger partial charge in [-0.05, 0) is 42.8 Å². The number of halogens is 1. The minimum Gasteiger partial charge on any atom is -0.312 e. The Labute approximate surface area is 154 Å². The van der Waals surface area contributed by atoms with E-state index in [0.717, 1.165) is 6.42 Å². The third-order valence-corrected chi connectivity index (χ3v) is 5.65. The molecule has 0 unspecified atom stereocenters. The molecule has 3 rings (SSSR count). The second-order valence-electron chi connectivity index (χ2n) is 5.59. The quantitative estimate of drug-likeness (QED) is 0.820. The highest BCUT2D eigenvalue weighted by Gasteiger charge is 2.23. The molecule has 2 aromatic carbocycles. The monoisotopic (exact) mass is 422 g/mol. The van der Waals surface area contributed by atoms with Gasteiger partial charge in [0, 0.05) is 28.7 Å². The van der Waals surface area contributed by atoms with E-state index in [2.05, 4.69) is 20.7 Å². The van der Waals surface area contributed by atoms with Gasteiger partial charge in [-0.2, -0.15) is 0 Å². The Morgan fingerprint density at radius 3 is 2.56 bits per heavy atom. The summed E-state index contributed by atoms with van der Waals surface area (Å²) in [4.78, 5) is 25.8. The van der Waals surface area contributed by atoms with Crippen molar-refractivity contribution < 1.29 is 18.0 Å². The largest absolute Gasteiger partial charge is 0.312 e. The van der Waals surface area contributed by atoms with Gasteiger partial charge in [0.15, 0.2) is 0 Å². The van der Waals surface area contributed by atoms with Gasteiger partial charge in [0.25, 0.3) is 15.9 Å². The molecule has 1 aliphatic rings. The summed E-state index contributed by atoms with van der Waals surface area (Å²) in [5.74, 6) is -0.743. The summed E-state index contributed by atoms with van der Waals surface area (Å²) in [7, 11) is -3.98. The van der Waals surface area contributed by atoms with Crippen LogP contribution in [0, 0.1) is 0 Å². The molecule has 6 nitrogen and oxygen atoms in total. The highest BCUT2D eigenvalue weighted by atomic mass is 79.9. The number of benzene rings is 2. The Morgan fingerprint density at radius 2 is 1.88 bits per heavy atom. The van der Waals surface area contributed by atoms with Gasteiger partial charge < -0.3 is 4.90 Å². The van der Waals surface area contributed by atoms with Crippen LogP contribution in [0.5, 0.6) is 0 Å². The summed E-state index contributed by atoms with van der Waals surface area (Å²) < 4.78 is 27.3. The molecule has 25 heavy (non-hydrogen) atoms. The number of amides is 2. The Kier molecular flexibility index (Phi) is 4.91. The average molecular weight is 423 g/mol. The van der Waals surface area contributed by atoms with Crippen LogP contribution in [0.4, 0.5) is 5.69 Å². The van der Waals surface area contributed by atoms with Crippen LogP contribution in [-0.4, -0.2) is 26.8 Å². The molecule has 2 amide bonds. The van der Waals surface area contributed by atoms with Crippen molar-refractivity contribution in [2.75, 3.05) is 11.4 Å². The number of nitrogens with zero attached hydrogens (tertiary/aromatic N) is 1. The van der Waals surface area contributed by atoms with E-state index < -0.39 is 15.9 Å². The highest BCUT2D eigenvalue weighted by Crippen LogP contribution is 2.22. The molecule has 1 N–H and O–H groups in total. The molecule has 1 heterocycles. The van der Waals surface area contributed by atoms with Gasteiger partial charge in [-0.3, -0.25) is 9.59 Å². The fourth-order valence-corrected chi connectivity index (χ4v) is 4.18. The minimum atomic E-state index is -3.98. The van der Waals surface area contributed by atoms with Crippen molar-refractivity contribution in [1.29, 1.82) is 0 Å². The second-order valence-corrected chi connectivity index (χ2v) is 8.19. The van der Waals surface area contributed by atoms with Gasteiger partial charge in [-0.1, -0.05) is 28.1 Å². The number of nitrogens with one attached hydrogen (secondary N) is 1. The molecule has 0 saturated carbocycles. The maximum atomic E-state index is 12.4. The number of rotatable bonds is 4. The van der Waals surface area contributed by atoms with E-state index in [1.165, 1.54) is 24.3 Å². The van der Waals surface area contributed by atoms with Crippen LogP contribution in [0.1, 0.15) is 23.2 Å². The number of carbonyl (C=O) groups is 2. The summed E-state index contributed by atoms with van der Waals surface area (Å²) in [5, 5.41) is 0. The molecule has 2 aromatic rings. The van der Waals surface area contributed by atoms with Gasteiger partial charge in [-0.25, -0.2) is 13.1 Å². The Balaban J connectivity index is 1.83. The number of carbonyl (C=O) groups excluding carboxylic acids is 2. The first-order valence-corrected chi connectivity index (χ1v) is 9.87. The molecule has 0 radical (unpaired) electrons. The van der Waals surface area contributed by atoms with Crippen LogP contribution in [0.3, 0.4) is 0 Å². The van der Waals surface area contributed by atoms with E-state index >= 15 is 0 Å². The minimum absolute atomic E-state index is 0.000634. The molecule has 0 aliphatic carbocycles. The van der Waals surface area contributed by atoms with Crippen LogP contribution in [0.25, 0.3) is 0 Å². The average Bonchev–Trinajstić information content (AvgIpc) is 3.01. The third-order valence-electron chi connectivity index (χ3n) is 3.83. The van der Waals surface area contributed by atoms with Gasteiger partial charge >= 0.3 is 0 Å². The van der Waals surface area contributed by atoms with Crippen molar-refractivity contribution in [3.05, 3.63) is 58.6 Å². The van der Waals surface area contributed by atoms with E-state index in [4.69, 9.17) is 0 Å². The lowest BCUT2D eigenvalue weighted by Crippen LogP contribution is -2.31. The predicted molar refractivity (Wildman–Crippen MR) is 96.8 cm³/mol. The van der Waals surface area contributed by atoms with E-state index in [-0.39, 0.29) is 16.4 Å². The number of anilines is 1. The van der Waals surface area contributed by atoms with Crippen LogP contribution < -0.4 is 9.62 Å². The summed E-state index contributed by atoms with van der Waals surface area (Å²) in [6.07, 6.45) is 1.25. The normalized spacial score (nSPS) is 14.6. The van der Waals surface area contributed by atoms with Crippen molar-refractivity contribution in [1.82, 2.24) is 4.72 Å². The van der Waals surface area contributed by atoms with Gasteiger partial charge in [0.05, 0.1) is 4.90 Å². The Bertz CT molecular complexity index is 943. The highest BCUT2D eigenvalue weighted by molar-refractivity contribution is 9.10. The van der Waals surface area contributed by atoms with E-state index in [9.17, 15) is 18.0 Å². The first-order valence-electron chi connectivity index (χ1n) is 7.60. The number of sulfonamides is 1. The van der Waals surface area contributed by atoms with E-state index in [1.807, 2.05) is 0 Å². The smallest absolute Gasteiger partial charge is 0.265 e. The standard InChI is InChI=1S/C17H15BrN2O4S/c18-13-5-2-7-15(11-13)25(23,24)19-17(22)12-4-1-6-14(10-12)20-9-3-8-16(20)21/h1-2,4-7,10-11H,3,8-9H2,(H,19,22). The molecule has 0 spiro atoms. The SMILES string of the molecule is O=C(NS(=O)(=O)c1cccc(Br)c1)c1cccc(N2CCCC2=O)c1. The second kappa shape index (κ2) is 6.97. The fourth-order valence-electron chi connectivity index (χ4n) is 2.61. The van der Waals surface area contributed by atoms with E-state index in [1.54, 1.807) is 29.2 Å². The van der Waals surface area contributed by atoms with Gasteiger partial charge in [-0.15, -0.1) is 0 Å². The Hall–Kier alpha value is -2.19. The molecule has 0 bridgehead atoms. The molecule has 1 saturated heterocycles. The van der Waals surface area contributed by atoms with Crippen LogP contribution in [0.2, 0.25) is 0 Å². The molecule has 1 fully saturated rings. The lowest BCUT2D eigenvalue weighted by atomic mass is 10.2. The molecule has 8 heteroatoms. The first kappa shape index (κ1) is 17.6. The summed E-state index contributed by atoms with van der Waals surface area (Å²) in [6.45, 7) is 0.597. The molecule has 0 atom stereocenters. The maximum absolute atomic E-state index is 12.4. The number of hydrogen-bond donors (Lipinski definition) is 1. The van der Waals surface area contributed by atoms with Crippen molar-refractivity contribution in [3.63, 3.8) is 0 Å². The van der Waals surface area contributed by atoms with Gasteiger partial charge in [0.1, 0.15) is 0 Å². The van der Waals surface area contributed by atoms with Crippen molar-refractivity contribution in [3.8, 4) is 0 Å². The van der Waals surface area contributed by atoms with Crippen molar-refractivity contribution >= 4 is 43.5 Å². The zero-order valence-electron chi connectivity index (χ0n) is 13.1. The van der Waals surface area contributed by atoms with Crippen LogP contribution in [-0.2, 0) is 14.8 Å². The molecular weight excluding hydrogens is 408 g/mol. The lowest BCUT2D eigenvalue weighted by Gasteiger charge is -2.16. The summed E-state index contributed by atoms with van der Waals surface area (Å²) in [6, 6.07) is 12.5. The zero-order valence-corrected chi connectivity index (χ0v) is 15.5. The summed E-state index contributed by atoms with van der Waals surface area (Å²) >= 11 is 3.20. The van der Waals surface area contributed by atoms with Crippen molar-refractivity contribution in [2.24, 2.45) is 0 Å². The lowest BCUT2D eigenvalue weighted by molar-refractivity contribution is -0.117. The van der Waals surface area contributed by atoms with Gasteiger partial charge in [0.2, 0.25) is 5.91 Å². The molecule has 1 aliphatic heterocycles. The molecule has 130 valence electrons. The maximum Gasteiger partial charge on any atom is 0.265 e. The molecular formula is C17H15BrN2O4S. The topological polar surface area (TPSA) is 83.6 Å². The molecule has 0 aromatic heterocycles. The number of hydrogen-bond acceptors (Lipinski definition) is 4. The Morgan fingerprint density at radius 1 is 1.12 bits per heavy atom. The van der Waals surface area contributed by atoms with Crippen LogP contribution >= 0.6 is 15.9 Å². The predicted octanol–water partition coefficient (Wildman–Crippen LogP) is 2.69. The zero-order chi connectivity index (χ0) is 18.0. The van der Waals surface area contributed by atoms with Crippen LogP contribution in [0.15, 0.2) is 57.9 Å². The first-order chi connectivity index (χ1) is 11.9. The summed E-state index contributed by atoms with van der Waals surface area (Å²) in [5.41, 5.74) is 0.769. The third kappa shape index (κ3) is 3.91.